The number of benzene rings is 3. The maximum absolute atomic E-state index is 13.4. The van der Waals surface area contributed by atoms with Gasteiger partial charge in [-0.3, -0.25) is 9.59 Å². The van der Waals surface area contributed by atoms with Gasteiger partial charge in [-0.1, -0.05) is 54.6 Å². The molecule has 0 aliphatic rings. The number of amides is 1. The van der Waals surface area contributed by atoms with Gasteiger partial charge in [-0.2, -0.15) is 13.2 Å². The fraction of sp³-hybridized carbons (Fsp3) is 0.167. The molecule has 3 aromatic rings. The van der Waals surface area contributed by atoms with Gasteiger partial charge in [0.15, 0.2) is 0 Å². The van der Waals surface area contributed by atoms with Crippen molar-refractivity contribution in [3.05, 3.63) is 95.1 Å². The van der Waals surface area contributed by atoms with Crippen LogP contribution in [0.3, 0.4) is 0 Å². The second-order valence-corrected chi connectivity index (χ2v) is 7.13. The Bertz CT molecular complexity index is 1090. The Kier molecular flexibility index (Phi) is 6.44. The van der Waals surface area contributed by atoms with Crippen molar-refractivity contribution in [3.8, 4) is 11.1 Å². The highest BCUT2D eigenvalue weighted by atomic mass is 19.4. The number of carboxylic acids is 1. The number of nitrogens with zero attached hydrogens (tertiary/aromatic N) is 1. The van der Waals surface area contributed by atoms with E-state index in [0.717, 1.165) is 11.6 Å². The Balaban J connectivity index is 2.00. The molecule has 0 fully saturated rings. The minimum atomic E-state index is -4.56. The van der Waals surface area contributed by atoms with E-state index in [0.29, 0.717) is 6.54 Å². The fourth-order valence-electron chi connectivity index (χ4n) is 3.40. The van der Waals surface area contributed by atoms with E-state index >= 15 is 0 Å². The maximum Gasteiger partial charge on any atom is 0.417 e. The molecule has 1 amide bonds. The molecule has 3 rings (SSSR count). The Labute approximate surface area is 177 Å². The number of hydrogen-bond donors (Lipinski definition) is 1. The van der Waals surface area contributed by atoms with Crippen molar-refractivity contribution >= 4 is 11.9 Å². The third-order valence-electron chi connectivity index (χ3n) is 4.83. The zero-order valence-electron chi connectivity index (χ0n) is 16.7. The van der Waals surface area contributed by atoms with Crippen LogP contribution in [0.2, 0.25) is 0 Å². The van der Waals surface area contributed by atoms with Crippen LogP contribution in [0.15, 0.2) is 72.8 Å². The SMILES string of the molecule is CN(Cc1ccccc1)C(=O)c1ccc(-c2ccccc2C(F)(F)F)cc1CC(=O)O. The molecule has 0 bridgehead atoms. The Morgan fingerprint density at radius 2 is 1.58 bits per heavy atom. The standard InChI is InChI=1S/C24H20F3NO3/c1-28(15-16-7-3-2-4-8-16)23(31)20-12-11-17(13-18(20)14-22(29)30)19-9-5-6-10-21(19)24(25,26)27/h2-13H,14-15H2,1H3,(H,29,30). The van der Waals surface area contributed by atoms with E-state index in [1.54, 1.807) is 7.05 Å². The lowest BCUT2D eigenvalue weighted by atomic mass is 9.94. The van der Waals surface area contributed by atoms with Gasteiger partial charge < -0.3 is 10.0 Å². The summed E-state index contributed by atoms with van der Waals surface area (Å²) in [6, 6.07) is 18.5. The summed E-state index contributed by atoms with van der Waals surface area (Å²) in [4.78, 5) is 25.8. The van der Waals surface area contributed by atoms with E-state index in [9.17, 15) is 27.9 Å². The van der Waals surface area contributed by atoms with E-state index in [-0.39, 0.29) is 22.3 Å². The zero-order chi connectivity index (χ0) is 22.6. The number of rotatable bonds is 6. The van der Waals surface area contributed by atoms with Crippen molar-refractivity contribution in [1.82, 2.24) is 4.90 Å². The normalized spacial score (nSPS) is 11.2. The molecule has 0 atom stereocenters. The van der Waals surface area contributed by atoms with Crippen LogP contribution in [0.5, 0.6) is 0 Å². The molecule has 0 saturated heterocycles. The summed E-state index contributed by atoms with van der Waals surface area (Å²) in [5, 5.41) is 9.29. The molecule has 4 nitrogen and oxygen atoms in total. The number of alkyl halides is 3. The van der Waals surface area contributed by atoms with Gasteiger partial charge >= 0.3 is 12.1 Å². The summed E-state index contributed by atoms with van der Waals surface area (Å²) in [7, 11) is 1.59. The predicted molar refractivity (Wildman–Crippen MR) is 110 cm³/mol. The van der Waals surface area contributed by atoms with E-state index < -0.39 is 30.0 Å². The first kappa shape index (κ1) is 22.1. The predicted octanol–water partition coefficient (Wildman–Crippen LogP) is 5.27. The molecule has 0 radical (unpaired) electrons. The summed E-state index contributed by atoms with van der Waals surface area (Å²) >= 11 is 0. The molecule has 3 aromatic carbocycles. The Morgan fingerprint density at radius 3 is 2.23 bits per heavy atom. The molecule has 31 heavy (non-hydrogen) atoms. The van der Waals surface area contributed by atoms with Gasteiger partial charge in [-0.25, -0.2) is 0 Å². The van der Waals surface area contributed by atoms with Crippen LogP contribution in [0, 0.1) is 0 Å². The second-order valence-electron chi connectivity index (χ2n) is 7.13. The third kappa shape index (κ3) is 5.31. The molecule has 1 N–H and O–H groups in total. The van der Waals surface area contributed by atoms with Crippen molar-refractivity contribution in [1.29, 1.82) is 0 Å². The third-order valence-corrected chi connectivity index (χ3v) is 4.83. The lowest BCUT2D eigenvalue weighted by Crippen LogP contribution is -2.27. The molecule has 160 valence electrons. The minimum Gasteiger partial charge on any atom is -0.481 e. The first-order valence-electron chi connectivity index (χ1n) is 9.47. The van der Waals surface area contributed by atoms with Gasteiger partial charge in [0.25, 0.3) is 5.91 Å². The average Bonchev–Trinajstić information content (AvgIpc) is 2.73. The highest BCUT2D eigenvalue weighted by Gasteiger charge is 2.33. The number of carboxylic acid groups (broad SMARTS) is 1. The van der Waals surface area contributed by atoms with Crippen molar-refractivity contribution in [3.63, 3.8) is 0 Å². The number of hydrogen-bond acceptors (Lipinski definition) is 2. The highest BCUT2D eigenvalue weighted by molar-refractivity contribution is 5.97. The Morgan fingerprint density at radius 1 is 0.935 bits per heavy atom. The van der Waals surface area contributed by atoms with Crippen molar-refractivity contribution in [2.75, 3.05) is 7.05 Å². The van der Waals surface area contributed by atoms with Crippen molar-refractivity contribution in [2.24, 2.45) is 0 Å². The number of aliphatic carboxylic acids is 1. The molecule has 0 aliphatic carbocycles. The molecule has 7 heteroatoms. The van der Waals surface area contributed by atoms with Crippen LogP contribution in [0.1, 0.15) is 27.0 Å². The molecule has 0 unspecified atom stereocenters. The molecule has 0 saturated carbocycles. The molecule has 0 aromatic heterocycles. The number of carbonyl (C=O) groups excluding carboxylic acids is 1. The lowest BCUT2D eigenvalue weighted by Gasteiger charge is -2.20. The molecule has 0 aliphatic heterocycles. The van der Waals surface area contributed by atoms with Crippen LogP contribution < -0.4 is 0 Å². The van der Waals surface area contributed by atoms with Crippen LogP contribution in [-0.4, -0.2) is 28.9 Å². The average molecular weight is 427 g/mol. The number of carbonyl (C=O) groups is 2. The van der Waals surface area contributed by atoms with Crippen LogP contribution in [-0.2, 0) is 23.9 Å². The van der Waals surface area contributed by atoms with Gasteiger partial charge in [0.1, 0.15) is 0 Å². The summed E-state index contributed by atoms with van der Waals surface area (Å²) in [6.07, 6.45) is -5.05. The van der Waals surface area contributed by atoms with Crippen LogP contribution in [0.4, 0.5) is 13.2 Å². The van der Waals surface area contributed by atoms with E-state index in [2.05, 4.69) is 0 Å². The van der Waals surface area contributed by atoms with Gasteiger partial charge in [0.2, 0.25) is 0 Å². The molecular formula is C24H20F3NO3. The molecule has 0 spiro atoms. The van der Waals surface area contributed by atoms with E-state index in [1.807, 2.05) is 30.3 Å². The van der Waals surface area contributed by atoms with Gasteiger partial charge in [0.05, 0.1) is 12.0 Å². The summed E-state index contributed by atoms with van der Waals surface area (Å²) in [6.45, 7) is 0.310. The summed E-state index contributed by atoms with van der Waals surface area (Å²) < 4.78 is 40.2. The first-order chi connectivity index (χ1) is 14.7. The fourth-order valence-corrected chi connectivity index (χ4v) is 3.40. The molecule has 0 heterocycles. The summed E-state index contributed by atoms with van der Waals surface area (Å²) in [5.74, 6) is -1.59. The minimum absolute atomic E-state index is 0.0710. The largest absolute Gasteiger partial charge is 0.481 e. The van der Waals surface area contributed by atoms with E-state index in [4.69, 9.17) is 0 Å². The molecular weight excluding hydrogens is 407 g/mol. The van der Waals surface area contributed by atoms with Gasteiger partial charge in [0, 0.05) is 19.2 Å². The second kappa shape index (κ2) is 9.04. The number of halogens is 3. The first-order valence-corrected chi connectivity index (χ1v) is 9.47. The van der Waals surface area contributed by atoms with Gasteiger partial charge in [-0.15, -0.1) is 0 Å². The maximum atomic E-state index is 13.4. The topological polar surface area (TPSA) is 57.6 Å². The summed E-state index contributed by atoms with van der Waals surface area (Å²) in [5.41, 5.74) is 0.510. The Hall–Kier alpha value is -3.61. The van der Waals surface area contributed by atoms with Crippen molar-refractivity contribution < 1.29 is 27.9 Å². The zero-order valence-corrected chi connectivity index (χ0v) is 16.7. The monoisotopic (exact) mass is 427 g/mol. The smallest absolute Gasteiger partial charge is 0.417 e. The van der Waals surface area contributed by atoms with Crippen molar-refractivity contribution in [2.45, 2.75) is 19.1 Å². The van der Waals surface area contributed by atoms with Gasteiger partial charge in [-0.05, 0) is 40.5 Å². The van der Waals surface area contributed by atoms with Crippen LogP contribution >= 0.6 is 0 Å². The quantitative estimate of drug-likeness (QED) is 0.583. The van der Waals surface area contributed by atoms with Crippen LogP contribution in [0.25, 0.3) is 11.1 Å². The highest BCUT2D eigenvalue weighted by Crippen LogP contribution is 2.37. The lowest BCUT2D eigenvalue weighted by molar-refractivity contribution is -0.137. The van der Waals surface area contributed by atoms with E-state index in [1.165, 1.54) is 41.3 Å².